The van der Waals surface area contributed by atoms with Crippen molar-refractivity contribution in [1.82, 2.24) is 0 Å². The van der Waals surface area contributed by atoms with Crippen LogP contribution in [0.3, 0.4) is 0 Å². The highest BCUT2D eigenvalue weighted by Crippen LogP contribution is 2.16. The Morgan fingerprint density at radius 2 is 0.468 bits per heavy atom. The summed E-state index contributed by atoms with van der Waals surface area (Å²) in [5.74, 6) is -0.889. The second-order valence-corrected chi connectivity index (χ2v) is 22.4. The number of unbranched alkanes of at least 4 members (excludes halogenated alkanes) is 38. The average molecular weight is 1080 g/mol. The lowest BCUT2D eigenvalue weighted by molar-refractivity contribution is -0.167. The first-order valence-electron chi connectivity index (χ1n) is 33.4. The van der Waals surface area contributed by atoms with Gasteiger partial charge in [-0.2, -0.15) is 0 Å². The lowest BCUT2D eigenvalue weighted by atomic mass is 10.0. The standard InChI is InChI=1S/C71H126O6/c1-4-7-10-13-16-19-22-25-27-29-31-33-34-35-36-38-39-41-43-46-49-52-55-58-61-64-70(73)76-67-68(66-75-69(72)63-60-57-54-51-48-45-24-21-18-15-12-9-6-3)77-71(74)65-62-59-56-53-50-47-44-42-40-37-32-30-28-26-23-20-17-14-11-8-5-2/h21-26,29-32,40,42,68H,4-20,27-28,33-39,41,43-67H2,1-3H3/b24-21-,25-22-,26-23-,31-29-,32-30-,42-40-. The third-order valence-corrected chi connectivity index (χ3v) is 14.7. The summed E-state index contributed by atoms with van der Waals surface area (Å²) in [6.07, 6.45) is 84.8. The van der Waals surface area contributed by atoms with E-state index >= 15 is 0 Å². The van der Waals surface area contributed by atoms with Gasteiger partial charge in [-0.25, -0.2) is 0 Å². The molecule has 0 aromatic heterocycles. The van der Waals surface area contributed by atoms with E-state index in [0.29, 0.717) is 19.3 Å². The van der Waals surface area contributed by atoms with E-state index in [1.807, 2.05) is 0 Å². The van der Waals surface area contributed by atoms with E-state index in [2.05, 4.69) is 93.7 Å². The van der Waals surface area contributed by atoms with E-state index in [-0.39, 0.29) is 31.1 Å². The van der Waals surface area contributed by atoms with Crippen LogP contribution >= 0.6 is 0 Å². The molecule has 0 saturated carbocycles. The zero-order valence-corrected chi connectivity index (χ0v) is 51.2. The van der Waals surface area contributed by atoms with E-state index in [1.165, 1.54) is 205 Å². The van der Waals surface area contributed by atoms with Gasteiger partial charge in [0.05, 0.1) is 0 Å². The zero-order valence-electron chi connectivity index (χ0n) is 51.2. The highest BCUT2D eigenvalue weighted by atomic mass is 16.6. The molecule has 0 aliphatic rings. The fourth-order valence-corrected chi connectivity index (χ4v) is 9.59. The van der Waals surface area contributed by atoms with Gasteiger partial charge in [-0.05, 0) is 116 Å². The second-order valence-electron chi connectivity index (χ2n) is 22.4. The van der Waals surface area contributed by atoms with Crippen molar-refractivity contribution in [2.45, 2.75) is 348 Å². The van der Waals surface area contributed by atoms with Crippen LogP contribution in [0.15, 0.2) is 72.9 Å². The topological polar surface area (TPSA) is 78.9 Å². The van der Waals surface area contributed by atoms with E-state index in [9.17, 15) is 14.4 Å². The number of carbonyl (C=O) groups is 3. The summed E-state index contributed by atoms with van der Waals surface area (Å²) >= 11 is 0. The van der Waals surface area contributed by atoms with Gasteiger partial charge in [0, 0.05) is 19.3 Å². The Balaban J connectivity index is 4.32. The third-order valence-electron chi connectivity index (χ3n) is 14.7. The first kappa shape index (κ1) is 73.8. The van der Waals surface area contributed by atoms with Gasteiger partial charge in [-0.15, -0.1) is 0 Å². The van der Waals surface area contributed by atoms with Crippen LogP contribution in [-0.2, 0) is 28.6 Å². The molecule has 0 aromatic rings. The Labute approximate surface area is 478 Å². The Morgan fingerprint density at radius 1 is 0.260 bits per heavy atom. The molecule has 1 unspecified atom stereocenters. The van der Waals surface area contributed by atoms with Gasteiger partial charge >= 0.3 is 17.9 Å². The van der Waals surface area contributed by atoms with Gasteiger partial charge in [-0.3, -0.25) is 14.4 Å². The Morgan fingerprint density at radius 3 is 0.753 bits per heavy atom. The highest BCUT2D eigenvalue weighted by Gasteiger charge is 2.19. The molecule has 0 bridgehead atoms. The van der Waals surface area contributed by atoms with Crippen LogP contribution in [0.1, 0.15) is 342 Å². The van der Waals surface area contributed by atoms with Gasteiger partial charge in [0.2, 0.25) is 0 Å². The quantitative estimate of drug-likeness (QED) is 0.0261. The molecule has 0 rings (SSSR count). The van der Waals surface area contributed by atoms with Crippen LogP contribution in [0.5, 0.6) is 0 Å². The summed E-state index contributed by atoms with van der Waals surface area (Å²) in [4.78, 5) is 38.3. The van der Waals surface area contributed by atoms with Crippen molar-refractivity contribution in [3.05, 3.63) is 72.9 Å². The predicted octanol–water partition coefficient (Wildman–Crippen LogP) is 22.9. The molecule has 0 fully saturated rings. The number of hydrogen-bond donors (Lipinski definition) is 0. The number of ether oxygens (including phenoxy) is 3. The van der Waals surface area contributed by atoms with Crippen molar-refractivity contribution < 1.29 is 28.6 Å². The van der Waals surface area contributed by atoms with Crippen LogP contribution < -0.4 is 0 Å². The molecule has 0 amide bonds. The molecule has 0 saturated heterocycles. The molecule has 1 atom stereocenters. The lowest BCUT2D eigenvalue weighted by Crippen LogP contribution is -2.30. The van der Waals surface area contributed by atoms with E-state index in [4.69, 9.17) is 14.2 Å². The molecule has 446 valence electrons. The SMILES string of the molecule is CCCCCC/C=C\CCCCCCCC(=O)OCC(COC(=O)CCCCCCCCCCCCCCC/C=C\C/C=C\CCCCCCC)OC(=O)CCCCCCCC/C=C\C/C=C\C/C=C\CCCCCCC. The highest BCUT2D eigenvalue weighted by molar-refractivity contribution is 5.71. The number of carbonyl (C=O) groups excluding carboxylic acids is 3. The van der Waals surface area contributed by atoms with Crippen molar-refractivity contribution in [2.24, 2.45) is 0 Å². The average Bonchev–Trinajstić information content (AvgIpc) is 3.43. The maximum atomic E-state index is 12.9. The maximum Gasteiger partial charge on any atom is 0.306 e. The third kappa shape index (κ3) is 63.6. The molecular weight excluding hydrogens is 949 g/mol. The van der Waals surface area contributed by atoms with Crippen LogP contribution in [0.25, 0.3) is 0 Å². The molecule has 0 N–H and O–H groups in total. The molecule has 0 spiro atoms. The summed E-state index contributed by atoms with van der Waals surface area (Å²) in [6.45, 7) is 6.62. The first-order valence-corrected chi connectivity index (χ1v) is 33.4. The number of rotatable bonds is 61. The number of esters is 3. The molecule has 77 heavy (non-hydrogen) atoms. The molecular formula is C71H126O6. The summed E-state index contributed by atoms with van der Waals surface area (Å²) in [5.41, 5.74) is 0. The molecule has 0 radical (unpaired) electrons. The van der Waals surface area contributed by atoms with Gasteiger partial charge < -0.3 is 14.2 Å². The summed E-state index contributed by atoms with van der Waals surface area (Å²) in [7, 11) is 0. The van der Waals surface area contributed by atoms with Crippen LogP contribution in [0.4, 0.5) is 0 Å². The zero-order chi connectivity index (χ0) is 55.7. The van der Waals surface area contributed by atoms with Crippen molar-refractivity contribution in [2.75, 3.05) is 13.2 Å². The fraction of sp³-hybridized carbons (Fsp3) is 0.789. The molecule has 0 aliphatic carbocycles. The fourth-order valence-electron chi connectivity index (χ4n) is 9.59. The first-order chi connectivity index (χ1) is 38.0. The lowest BCUT2D eigenvalue weighted by Gasteiger charge is -2.18. The van der Waals surface area contributed by atoms with E-state index in [1.54, 1.807) is 0 Å². The van der Waals surface area contributed by atoms with Gasteiger partial charge in [0.25, 0.3) is 0 Å². The Bertz CT molecular complexity index is 1420. The van der Waals surface area contributed by atoms with Gasteiger partial charge in [-0.1, -0.05) is 280 Å². The van der Waals surface area contributed by atoms with Crippen molar-refractivity contribution in [1.29, 1.82) is 0 Å². The smallest absolute Gasteiger partial charge is 0.306 e. The normalized spacial score (nSPS) is 12.5. The van der Waals surface area contributed by atoms with Crippen LogP contribution in [0, 0.1) is 0 Å². The predicted molar refractivity (Wildman–Crippen MR) is 335 cm³/mol. The molecule has 6 nitrogen and oxygen atoms in total. The van der Waals surface area contributed by atoms with E-state index < -0.39 is 6.10 Å². The Hall–Kier alpha value is -3.15. The molecule has 0 heterocycles. The molecule has 0 aliphatic heterocycles. The maximum absolute atomic E-state index is 12.9. The molecule has 0 aromatic carbocycles. The van der Waals surface area contributed by atoms with Crippen molar-refractivity contribution in [3.8, 4) is 0 Å². The minimum atomic E-state index is -0.787. The molecule has 6 heteroatoms. The monoisotopic (exact) mass is 1070 g/mol. The van der Waals surface area contributed by atoms with Crippen LogP contribution in [0.2, 0.25) is 0 Å². The Kier molecular flexibility index (Phi) is 62.7. The van der Waals surface area contributed by atoms with Crippen LogP contribution in [-0.4, -0.2) is 37.2 Å². The van der Waals surface area contributed by atoms with Crippen molar-refractivity contribution >= 4 is 17.9 Å². The summed E-state index contributed by atoms with van der Waals surface area (Å²) in [5, 5.41) is 0. The van der Waals surface area contributed by atoms with Gasteiger partial charge in [0.15, 0.2) is 6.10 Å². The second kappa shape index (κ2) is 65.4. The van der Waals surface area contributed by atoms with Gasteiger partial charge in [0.1, 0.15) is 13.2 Å². The van der Waals surface area contributed by atoms with Crippen molar-refractivity contribution in [3.63, 3.8) is 0 Å². The minimum absolute atomic E-state index is 0.0821. The number of hydrogen-bond acceptors (Lipinski definition) is 6. The largest absolute Gasteiger partial charge is 0.462 e. The van der Waals surface area contributed by atoms with E-state index in [0.717, 1.165) is 96.3 Å². The summed E-state index contributed by atoms with van der Waals surface area (Å²) < 4.78 is 16.9. The summed E-state index contributed by atoms with van der Waals surface area (Å²) in [6, 6.07) is 0. The number of allylic oxidation sites excluding steroid dienone is 12. The minimum Gasteiger partial charge on any atom is -0.462 e.